The number of ether oxygens (including phenoxy) is 3. The van der Waals surface area contributed by atoms with Gasteiger partial charge in [-0.1, -0.05) is 6.07 Å². The van der Waals surface area contributed by atoms with E-state index >= 15 is 0 Å². The topological polar surface area (TPSA) is 77.0 Å². The molecule has 6 heteroatoms. The smallest absolute Gasteiger partial charge is 0.323 e. The van der Waals surface area contributed by atoms with Gasteiger partial charge in [-0.25, -0.2) is 0 Å². The van der Waals surface area contributed by atoms with Gasteiger partial charge in [-0.3, -0.25) is 10.1 Å². The predicted octanol–water partition coefficient (Wildman–Crippen LogP) is 0.993. The van der Waals surface area contributed by atoms with Crippen molar-refractivity contribution in [2.75, 3.05) is 13.9 Å². The minimum atomic E-state index is -0.935. The monoisotopic (exact) mass is 267 g/mol. The quantitative estimate of drug-likeness (QED) is 0.800. The molecule has 0 radical (unpaired) electrons. The number of rotatable bonds is 6. The fourth-order valence-electron chi connectivity index (χ4n) is 1.87. The number of benzene rings is 1. The van der Waals surface area contributed by atoms with Crippen LogP contribution in [0.25, 0.3) is 0 Å². The molecule has 0 amide bonds. The molecule has 2 unspecified atom stereocenters. The Morgan fingerprint density at radius 3 is 2.89 bits per heavy atom. The van der Waals surface area contributed by atoms with Crippen molar-refractivity contribution in [1.29, 1.82) is 0 Å². The zero-order valence-electron chi connectivity index (χ0n) is 10.9. The molecule has 104 valence electrons. The number of hydrogen-bond acceptors (Lipinski definition) is 5. The summed E-state index contributed by atoms with van der Waals surface area (Å²) in [6.45, 7) is 2.36. The van der Waals surface area contributed by atoms with Gasteiger partial charge in [0.25, 0.3) is 0 Å². The summed E-state index contributed by atoms with van der Waals surface area (Å²) in [4.78, 5) is 11.1. The highest BCUT2D eigenvalue weighted by Gasteiger charge is 2.24. The van der Waals surface area contributed by atoms with Crippen LogP contribution in [0.3, 0.4) is 0 Å². The Kier molecular flexibility index (Phi) is 4.24. The Labute approximate surface area is 111 Å². The van der Waals surface area contributed by atoms with Crippen LogP contribution in [0.2, 0.25) is 0 Å². The van der Waals surface area contributed by atoms with Gasteiger partial charge < -0.3 is 19.3 Å². The molecule has 1 aliphatic rings. The number of aliphatic carboxylic acids is 1. The van der Waals surface area contributed by atoms with Gasteiger partial charge in [-0.2, -0.15) is 0 Å². The van der Waals surface area contributed by atoms with E-state index in [4.69, 9.17) is 19.3 Å². The van der Waals surface area contributed by atoms with Crippen LogP contribution in [0.15, 0.2) is 18.2 Å². The third-order valence-corrected chi connectivity index (χ3v) is 3.07. The Morgan fingerprint density at radius 2 is 2.21 bits per heavy atom. The average molecular weight is 267 g/mol. The molecule has 2 N–H and O–H groups in total. The first kappa shape index (κ1) is 13.6. The van der Waals surface area contributed by atoms with Crippen LogP contribution in [0, 0.1) is 0 Å². The van der Waals surface area contributed by atoms with Crippen molar-refractivity contribution in [2.24, 2.45) is 0 Å². The average Bonchev–Trinajstić information content (AvgIpc) is 2.85. The highest BCUT2D eigenvalue weighted by molar-refractivity contribution is 5.74. The number of hydrogen-bond donors (Lipinski definition) is 2. The molecular weight excluding hydrogens is 250 g/mol. The summed E-state index contributed by atoms with van der Waals surface area (Å²) in [6, 6.07) is 4.77. The maximum atomic E-state index is 11.1. The largest absolute Gasteiger partial charge is 0.480 e. The molecule has 2 rings (SSSR count). The van der Waals surface area contributed by atoms with Crippen molar-refractivity contribution in [3.63, 3.8) is 0 Å². The molecule has 1 heterocycles. The minimum absolute atomic E-state index is 0.227. The van der Waals surface area contributed by atoms with Crippen LogP contribution < -0.4 is 14.8 Å². The van der Waals surface area contributed by atoms with Crippen LogP contribution in [-0.4, -0.2) is 37.1 Å². The second-order valence-corrected chi connectivity index (χ2v) is 4.33. The van der Waals surface area contributed by atoms with Crippen LogP contribution in [0.5, 0.6) is 11.5 Å². The first-order chi connectivity index (χ1) is 9.11. The summed E-state index contributed by atoms with van der Waals surface area (Å²) in [5.74, 6) is 0.463. The third-order valence-electron chi connectivity index (χ3n) is 3.07. The van der Waals surface area contributed by atoms with E-state index in [-0.39, 0.29) is 6.79 Å². The Bertz CT molecular complexity index is 462. The molecular formula is C13H17NO5. The number of carboxylic acid groups (broad SMARTS) is 1. The molecule has 6 nitrogen and oxygen atoms in total. The Morgan fingerprint density at radius 1 is 1.47 bits per heavy atom. The molecule has 0 saturated heterocycles. The number of carboxylic acids is 1. The molecule has 0 saturated carbocycles. The van der Waals surface area contributed by atoms with Crippen molar-refractivity contribution >= 4 is 5.97 Å². The summed E-state index contributed by atoms with van der Waals surface area (Å²) < 4.78 is 15.5. The summed E-state index contributed by atoms with van der Waals surface area (Å²) >= 11 is 0. The van der Waals surface area contributed by atoms with E-state index in [1.807, 2.05) is 18.2 Å². The van der Waals surface area contributed by atoms with Crippen molar-refractivity contribution in [3.05, 3.63) is 23.8 Å². The fraction of sp³-hybridized carbons (Fsp3) is 0.462. The van der Waals surface area contributed by atoms with E-state index in [0.717, 1.165) is 5.56 Å². The normalized spacial score (nSPS) is 16.1. The van der Waals surface area contributed by atoms with E-state index in [2.05, 4.69) is 5.32 Å². The molecule has 19 heavy (non-hydrogen) atoms. The van der Waals surface area contributed by atoms with Crippen LogP contribution >= 0.6 is 0 Å². The zero-order chi connectivity index (χ0) is 13.8. The fourth-order valence-corrected chi connectivity index (χ4v) is 1.87. The van der Waals surface area contributed by atoms with Crippen LogP contribution in [-0.2, 0) is 16.1 Å². The summed E-state index contributed by atoms with van der Waals surface area (Å²) in [5.41, 5.74) is 0.929. The second kappa shape index (κ2) is 5.90. The van der Waals surface area contributed by atoms with Crippen LogP contribution in [0.4, 0.5) is 0 Å². The Hall–Kier alpha value is -1.79. The number of fused-ring (bicyclic) bond motifs is 1. The lowest BCUT2D eigenvalue weighted by atomic mass is 10.1. The molecule has 1 aliphatic heterocycles. The lowest BCUT2D eigenvalue weighted by Crippen LogP contribution is -2.45. The molecule has 0 bridgehead atoms. The Balaban J connectivity index is 1.99. The lowest BCUT2D eigenvalue weighted by Gasteiger charge is -2.20. The predicted molar refractivity (Wildman–Crippen MR) is 67.3 cm³/mol. The molecule has 2 atom stereocenters. The van der Waals surface area contributed by atoms with Gasteiger partial charge in [-0.05, 0) is 24.6 Å². The first-order valence-corrected chi connectivity index (χ1v) is 5.99. The van der Waals surface area contributed by atoms with Crippen molar-refractivity contribution in [3.8, 4) is 11.5 Å². The van der Waals surface area contributed by atoms with E-state index < -0.39 is 18.1 Å². The van der Waals surface area contributed by atoms with E-state index in [1.54, 1.807) is 6.92 Å². The lowest BCUT2D eigenvalue weighted by molar-refractivity contribution is -0.142. The van der Waals surface area contributed by atoms with Gasteiger partial charge in [0.05, 0.1) is 6.10 Å². The van der Waals surface area contributed by atoms with Gasteiger partial charge >= 0.3 is 5.97 Å². The SMILES string of the molecule is COC(C)C(NCc1ccc2c(c1)OCO2)C(=O)O. The van der Waals surface area contributed by atoms with E-state index in [0.29, 0.717) is 18.0 Å². The molecule has 0 aromatic heterocycles. The van der Waals surface area contributed by atoms with Crippen molar-refractivity contribution < 1.29 is 24.1 Å². The first-order valence-electron chi connectivity index (χ1n) is 5.99. The van der Waals surface area contributed by atoms with E-state index in [9.17, 15) is 4.79 Å². The number of nitrogens with one attached hydrogen (secondary N) is 1. The number of carbonyl (C=O) groups is 1. The summed E-state index contributed by atoms with van der Waals surface area (Å²) in [6.07, 6.45) is -0.411. The zero-order valence-corrected chi connectivity index (χ0v) is 10.9. The number of methoxy groups -OCH3 is 1. The maximum absolute atomic E-state index is 11.1. The summed E-state index contributed by atoms with van der Waals surface area (Å²) in [5, 5.41) is 12.1. The molecule has 0 fully saturated rings. The maximum Gasteiger partial charge on any atom is 0.323 e. The highest BCUT2D eigenvalue weighted by Crippen LogP contribution is 2.32. The van der Waals surface area contributed by atoms with E-state index in [1.165, 1.54) is 7.11 Å². The van der Waals surface area contributed by atoms with Gasteiger partial charge in [0, 0.05) is 13.7 Å². The minimum Gasteiger partial charge on any atom is -0.480 e. The van der Waals surface area contributed by atoms with Gasteiger partial charge in [0.1, 0.15) is 6.04 Å². The standard InChI is InChI=1S/C13H17NO5/c1-8(17-2)12(13(15)16)14-6-9-3-4-10-11(5-9)19-7-18-10/h3-5,8,12,14H,6-7H2,1-2H3,(H,15,16). The van der Waals surface area contributed by atoms with Crippen LogP contribution in [0.1, 0.15) is 12.5 Å². The summed E-state index contributed by atoms with van der Waals surface area (Å²) in [7, 11) is 1.49. The highest BCUT2D eigenvalue weighted by atomic mass is 16.7. The molecule has 1 aromatic carbocycles. The second-order valence-electron chi connectivity index (χ2n) is 4.33. The molecule has 0 spiro atoms. The van der Waals surface area contributed by atoms with Crippen molar-refractivity contribution in [1.82, 2.24) is 5.32 Å². The third kappa shape index (κ3) is 3.15. The van der Waals surface area contributed by atoms with Gasteiger partial charge in [0.15, 0.2) is 11.5 Å². The molecule has 0 aliphatic carbocycles. The van der Waals surface area contributed by atoms with Gasteiger partial charge in [-0.15, -0.1) is 0 Å². The van der Waals surface area contributed by atoms with Crippen molar-refractivity contribution in [2.45, 2.75) is 25.6 Å². The van der Waals surface area contributed by atoms with Gasteiger partial charge in [0.2, 0.25) is 6.79 Å². The molecule has 1 aromatic rings.